The zero-order valence-electron chi connectivity index (χ0n) is 10.8. The molecule has 0 heterocycles. The van der Waals surface area contributed by atoms with Crippen molar-refractivity contribution in [3.8, 4) is 11.8 Å². The summed E-state index contributed by atoms with van der Waals surface area (Å²) in [7, 11) is 0.954. The zero-order chi connectivity index (χ0) is 15.6. The van der Waals surface area contributed by atoms with Crippen LogP contribution in [0.3, 0.4) is 0 Å². The van der Waals surface area contributed by atoms with Gasteiger partial charge < -0.3 is 4.74 Å². The number of hydrogen-bond donors (Lipinski definition) is 0. The lowest BCUT2D eigenvalue weighted by Crippen LogP contribution is -2.13. The molecule has 0 bridgehead atoms. The second-order valence-corrected chi connectivity index (χ2v) is 8.13. The van der Waals surface area contributed by atoms with Crippen LogP contribution in [0.25, 0.3) is 0 Å². The summed E-state index contributed by atoms with van der Waals surface area (Å²) < 4.78 is 41.5. The number of rotatable bonds is 5. The number of ether oxygens (including phenoxy) is 1. The standard InChI is InChI=1S/C12H12BrClFNO3S/c1-12(2,7-16)3-4-19-10-6-9(15)11(5-8(10)13)20(14,17)18/h5-6H,3-4H2,1-2H3. The molecule has 0 aliphatic heterocycles. The van der Waals surface area contributed by atoms with Crippen molar-refractivity contribution in [1.82, 2.24) is 0 Å². The Morgan fingerprint density at radius 3 is 2.60 bits per heavy atom. The van der Waals surface area contributed by atoms with Gasteiger partial charge in [0, 0.05) is 16.7 Å². The lowest BCUT2D eigenvalue weighted by molar-refractivity contribution is 0.262. The van der Waals surface area contributed by atoms with Crippen LogP contribution in [-0.2, 0) is 9.05 Å². The first-order chi connectivity index (χ1) is 9.07. The maximum Gasteiger partial charge on any atom is 0.264 e. The number of benzene rings is 1. The van der Waals surface area contributed by atoms with Crippen LogP contribution in [0, 0.1) is 22.6 Å². The normalized spacial score (nSPS) is 12.0. The van der Waals surface area contributed by atoms with Crippen molar-refractivity contribution in [3.05, 3.63) is 22.4 Å². The van der Waals surface area contributed by atoms with E-state index in [1.54, 1.807) is 13.8 Å². The fourth-order valence-corrected chi connectivity index (χ4v) is 2.79. The topological polar surface area (TPSA) is 67.2 Å². The van der Waals surface area contributed by atoms with Crippen LogP contribution in [0.4, 0.5) is 4.39 Å². The maximum absolute atomic E-state index is 13.6. The van der Waals surface area contributed by atoms with E-state index in [4.69, 9.17) is 20.7 Å². The average molecular weight is 385 g/mol. The largest absolute Gasteiger partial charge is 0.492 e. The van der Waals surface area contributed by atoms with Gasteiger partial charge in [0.05, 0.1) is 22.6 Å². The Kier molecular flexibility index (Phi) is 5.41. The summed E-state index contributed by atoms with van der Waals surface area (Å²) in [5, 5.41) is 8.86. The molecule has 4 nitrogen and oxygen atoms in total. The predicted octanol–water partition coefficient (Wildman–Crippen LogP) is 3.83. The number of halogens is 3. The van der Waals surface area contributed by atoms with Crippen molar-refractivity contribution >= 4 is 35.7 Å². The van der Waals surface area contributed by atoms with Gasteiger partial charge in [-0.2, -0.15) is 5.26 Å². The van der Waals surface area contributed by atoms with E-state index in [1.165, 1.54) is 0 Å². The van der Waals surface area contributed by atoms with Gasteiger partial charge in [-0.3, -0.25) is 0 Å². The first kappa shape index (κ1) is 17.2. The summed E-state index contributed by atoms with van der Waals surface area (Å²) in [5.41, 5.74) is -0.551. The van der Waals surface area contributed by atoms with E-state index in [1.807, 2.05) is 0 Å². The molecule has 0 radical (unpaired) electrons. The minimum absolute atomic E-state index is 0.153. The molecule has 0 spiro atoms. The van der Waals surface area contributed by atoms with Gasteiger partial charge in [-0.25, -0.2) is 12.8 Å². The van der Waals surface area contributed by atoms with E-state index < -0.39 is 25.2 Å². The van der Waals surface area contributed by atoms with Crippen molar-refractivity contribution in [2.24, 2.45) is 5.41 Å². The molecular formula is C12H12BrClFNO3S. The van der Waals surface area contributed by atoms with Gasteiger partial charge in [0.1, 0.15) is 16.5 Å². The van der Waals surface area contributed by atoms with Gasteiger partial charge in [0.15, 0.2) is 0 Å². The van der Waals surface area contributed by atoms with Gasteiger partial charge in [0.2, 0.25) is 0 Å². The summed E-state index contributed by atoms with van der Waals surface area (Å²) in [4.78, 5) is -0.615. The molecule has 0 saturated heterocycles. The second kappa shape index (κ2) is 6.29. The van der Waals surface area contributed by atoms with Gasteiger partial charge in [-0.15, -0.1) is 0 Å². The Morgan fingerprint density at radius 1 is 1.50 bits per heavy atom. The van der Waals surface area contributed by atoms with E-state index >= 15 is 0 Å². The molecule has 0 N–H and O–H groups in total. The van der Waals surface area contributed by atoms with E-state index in [-0.39, 0.29) is 16.8 Å². The molecule has 1 aromatic carbocycles. The molecule has 0 aliphatic rings. The maximum atomic E-state index is 13.6. The van der Waals surface area contributed by atoms with Crippen LogP contribution in [0.5, 0.6) is 5.75 Å². The molecule has 0 aromatic heterocycles. The Hall–Kier alpha value is -0.840. The third-order valence-corrected chi connectivity index (χ3v) is 4.49. The summed E-state index contributed by atoms with van der Waals surface area (Å²) >= 11 is 3.09. The van der Waals surface area contributed by atoms with Gasteiger partial charge in [0.25, 0.3) is 9.05 Å². The van der Waals surface area contributed by atoms with Gasteiger partial charge in [-0.1, -0.05) is 0 Å². The Labute approximate surface area is 130 Å². The summed E-state index contributed by atoms with van der Waals surface area (Å²) in [6.45, 7) is 3.72. The third-order valence-electron chi connectivity index (χ3n) is 2.54. The lowest BCUT2D eigenvalue weighted by Gasteiger charge is -2.16. The summed E-state index contributed by atoms with van der Waals surface area (Å²) in [5.74, 6) is -0.835. The quantitative estimate of drug-likeness (QED) is 0.724. The highest BCUT2D eigenvalue weighted by Crippen LogP contribution is 2.32. The zero-order valence-corrected chi connectivity index (χ0v) is 13.9. The van der Waals surface area contributed by atoms with Gasteiger partial charge in [-0.05, 0) is 42.3 Å². The molecule has 20 heavy (non-hydrogen) atoms. The molecular weight excluding hydrogens is 373 g/mol. The first-order valence-electron chi connectivity index (χ1n) is 5.54. The minimum atomic E-state index is -4.15. The molecule has 0 fully saturated rings. The third kappa shape index (κ3) is 4.62. The molecule has 8 heteroatoms. The fourth-order valence-electron chi connectivity index (χ4n) is 1.28. The average Bonchev–Trinajstić information content (AvgIpc) is 2.31. The van der Waals surface area contributed by atoms with Crippen molar-refractivity contribution in [1.29, 1.82) is 5.26 Å². The number of hydrogen-bond acceptors (Lipinski definition) is 4. The van der Waals surface area contributed by atoms with E-state index in [0.29, 0.717) is 6.42 Å². The Balaban J connectivity index is 2.90. The minimum Gasteiger partial charge on any atom is -0.492 e. The van der Waals surface area contributed by atoms with Crippen molar-refractivity contribution in [3.63, 3.8) is 0 Å². The molecule has 0 aliphatic carbocycles. The highest BCUT2D eigenvalue weighted by molar-refractivity contribution is 9.10. The van der Waals surface area contributed by atoms with E-state index in [2.05, 4.69) is 22.0 Å². The summed E-state index contributed by atoms with van der Waals surface area (Å²) in [6, 6.07) is 4.11. The SMILES string of the molecule is CC(C)(C#N)CCOc1cc(F)c(S(=O)(=O)Cl)cc1Br. The smallest absolute Gasteiger partial charge is 0.264 e. The lowest BCUT2D eigenvalue weighted by atomic mass is 9.92. The van der Waals surface area contributed by atoms with Gasteiger partial charge >= 0.3 is 0 Å². The highest BCUT2D eigenvalue weighted by atomic mass is 79.9. The Morgan fingerprint density at radius 2 is 2.10 bits per heavy atom. The van der Waals surface area contributed by atoms with Crippen LogP contribution < -0.4 is 4.74 Å². The number of nitrogens with zero attached hydrogens (tertiary/aromatic N) is 1. The van der Waals surface area contributed by atoms with Crippen molar-refractivity contribution in [2.75, 3.05) is 6.61 Å². The molecule has 0 unspecified atom stereocenters. The molecule has 1 aromatic rings. The van der Waals surface area contributed by atoms with Crippen molar-refractivity contribution in [2.45, 2.75) is 25.2 Å². The van der Waals surface area contributed by atoms with Crippen LogP contribution in [0.15, 0.2) is 21.5 Å². The highest BCUT2D eigenvalue weighted by Gasteiger charge is 2.20. The van der Waals surface area contributed by atoms with Crippen LogP contribution >= 0.6 is 26.6 Å². The first-order valence-corrected chi connectivity index (χ1v) is 8.65. The summed E-state index contributed by atoms with van der Waals surface area (Å²) in [6.07, 6.45) is 0.452. The Bertz CT molecular complexity index is 655. The monoisotopic (exact) mass is 383 g/mol. The molecule has 1 rings (SSSR count). The molecule has 0 amide bonds. The van der Waals surface area contributed by atoms with Crippen LogP contribution in [0.1, 0.15) is 20.3 Å². The second-order valence-electron chi connectivity index (χ2n) is 4.75. The van der Waals surface area contributed by atoms with Crippen LogP contribution in [0.2, 0.25) is 0 Å². The molecule has 0 atom stereocenters. The van der Waals surface area contributed by atoms with E-state index in [0.717, 1.165) is 12.1 Å². The predicted molar refractivity (Wildman–Crippen MR) is 76.6 cm³/mol. The molecule has 0 saturated carbocycles. The van der Waals surface area contributed by atoms with E-state index in [9.17, 15) is 12.8 Å². The number of nitriles is 1. The fraction of sp³-hybridized carbons (Fsp3) is 0.417. The van der Waals surface area contributed by atoms with Crippen molar-refractivity contribution < 1.29 is 17.5 Å². The van der Waals surface area contributed by atoms with Crippen LogP contribution in [-0.4, -0.2) is 15.0 Å². The molecule has 110 valence electrons.